The van der Waals surface area contributed by atoms with Gasteiger partial charge in [-0.15, -0.1) is 0 Å². The van der Waals surface area contributed by atoms with E-state index in [4.69, 9.17) is 10.3 Å². The summed E-state index contributed by atoms with van der Waals surface area (Å²) in [5.74, 6) is 1.44. The molecule has 2 aromatic heterocycles. The van der Waals surface area contributed by atoms with Crippen LogP contribution < -0.4 is 11.1 Å². The van der Waals surface area contributed by atoms with Gasteiger partial charge < -0.3 is 20.6 Å². The van der Waals surface area contributed by atoms with Crippen molar-refractivity contribution < 1.29 is 4.52 Å². The van der Waals surface area contributed by atoms with Gasteiger partial charge in [-0.05, 0) is 18.2 Å². The van der Waals surface area contributed by atoms with Gasteiger partial charge in [0.05, 0.1) is 23.8 Å². The molecule has 86 valence electrons. The fourth-order valence-electron chi connectivity index (χ4n) is 1.62. The number of rotatable bonds is 3. The average Bonchev–Trinajstić information content (AvgIpc) is 2.94. The van der Waals surface area contributed by atoms with E-state index in [1.807, 2.05) is 18.2 Å². The monoisotopic (exact) mass is 229 g/mol. The predicted octanol–water partition coefficient (Wildman–Crippen LogP) is 1.75. The molecule has 6 heteroatoms. The molecule has 1 aromatic carbocycles. The molecule has 4 N–H and O–H groups in total. The Bertz CT molecular complexity index is 628. The predicted molar refractivity (Wildman–Crippen MR) is 64.3 cm³/mol. The number of H-pyrrole nitrogens is 1. The van der Waals surface area contributed by atoms with Gasteiger partial charge in [-0.2, -0.15) is 0 Å². The van der Waals surface area contributed by atoms with E-state index < -0.39 is 0 Å². The number of nitrogens with two attached hydrogens (primary N) is 1. The Balaban J connectivity index is 1.81. The van der Waals surface area contributed by atoms with E-state index in [2.05, 4.69) is 20.4 Å². The minimum Gasteiger partial charge on any atom is -0.399 e. The Morgan fingerprint density at radius 1 is 1.35 bits per heavy atom. The highest BCUT2D eigenvalue weighted by Gasteiger charge is 2.03. The van der Waals surface area contributed by atoms with Gasteiger partial charge in [0.25, 0.3) is 0 Å². The van der Waals surface area contributed by atoms with E-state index in [1.54, 1.807) is 12.3 Å². The minimum absolute atomic E-state index is 0.537. The number of hydrogen-bond donors (Lipinski definition) is 3. The quantitative estimate of drug-likeness (QED) is 0.595. The first-order chi connectivity index (χ1) is 8.31. The van der Waals surface area contributed by atoms with Crippen LogP contribution in [0.4, 0.5) is 11.6 Å². The van der Waals surface area contributed by atoms with Gasteiger partial charge in [0, 0.05) is 11.8 Å². The van der Waals surface area contributed by atoms with Crippen molar-refractivity contribution in [1.82, 2.24) is 15.1 Å². The normalized spacial score (nSPS) is 10.8. The van der Waals surface area contributed by atoms with Crippen molar-refractivity contribution in [3.05, 3.63) is 36.2 Å². The summed E-state index contributed by atoms with van der Waals surface area (Å²) in [6.07, 6.45) is 1.61. The Hall–Kier alpha value is -2.50. The molecular formula is C11H11N5O. The first-order valence-corrected chi connectivity index (χ1v) is 5.20. The van der Waals surface area contributed by atoms with Crippen molar-refractivity contribution in [1.29, 1.82) is 0 Å². The second kappa shape index (κ2) is 3.82. The molecule has 3 aromatic rings. The number of aromatic amines is 1. The van der Waals surface area contributed by atoms with Crippen molar-refractivity contribution in [3.8, 4) is 0 Å². The second-order valence-corrected chi connectivity index (χ2v) is 3.69. The third kappa shape index (κ3) is 1.92. The van der Waals surface area contributed by atoms with Crippen molar-refractivity contribution in [2.45, 2.75) is 6.54 Å². The lowest BCUT2D eigenvalue weighted by Crippen LogP contribution is -1.99. The van der Waals surface area contributed by atoms with E-state index in [9.17, 15) is 0 Å². The molecular weight excluding hydrogens is 218 g/mol. The van der Waals surface area contributed by atoms with Crippen molar-refractivity contribution in [3.63, 3.8) is 0 Å². The maximum Gasteiger partial charge on any atom is 0.201 e. The Morgan fingerprint density at radius 3 is 3.12 bits per heavy atom. The molecule has 3 rings (SSSR count). The minimum atomic E-state index is 0.537. The lowest BCUT2D eigenvalue weighted by Gasteiger charge is -1.97. The molecule has 0 spiro atoms. The maximum absolute atomic E-state index is 5.69. The molecule has 0 aliphatic carbocycles. The molecule has 0 saturated carbocycles. The summed E-state index contributed by atoms with van der Waals surface area (Å²) in [6, 6.07) is 7.35. The van der Waals surface area contributed by atoms with Crippen LogP contribution in [0.5, 0.6) is 0 Å². The summed E-state index contributed by atoms with van der Waals surface area (Å²) in [4.78, 5) is 7.50. The third-order valence-corrected chi connectivity index (χ3v) is 2.43. The van der Waals surface area contributed by atoms with E-state index in [1.165, 1.54) is 0 Å². The van der Waals surface area contributed by atoms with Gasteiger partial charge in [0.1, 0.15) is 0 Å². The maximum atomic E-state index is 5.69. The Labute approximate surface area is 96.8 Å². The van der Waals surface area contributed by atoms with E-state index >= 15 is 0 Å². The number of nitrogen functional groups attached to an aromatic ring is 1. The number of fused-ring (bicyclic) bond motifs is 1. The molecule has 0 bridgehead atoms. The summed E-state index contributed by atoms with van der Waals surface area (Å²) in [6.45, 7) is 0.537. The molecule has 0 radical (unpaired) electrons. The molecule has 0 saturated heterocycles. The lowest BCUT2D eigenvalue weighted by molar-refractivity contribution is 0.388. The zero-order valence-corrected chi connectivity index (χ0v) is 8.97. The van der Waals surface area contributed by atoms with Crippen LogP contribution in [-0.2, 0) is 6.54 Å². The molecule has 6 nitrogen and oxygen atoms in total. The molecule has 0 amide bonds. The smallest absolute Gasteiger partial charge is 0.201 e. The summed E-state index contributed by atoms with van der Waals surface area (Å²) >= 11 is 0. The molecule has 17 heavy (non-hydrogen) atoms. The number of nitrogens with zero attached hydrogens (tertiary/aromatic N) is 2. The second-order valence-electron chi connectivity index (χ2n) is 3.69. The fourth-order valence-corrected chi connectivity index (χ4v) is 1.62. The van der Waals surface area contributed by atoms with Gasteiger partial charge in [0.2, 0.25) is 5.95 Å². The van der Waals surface area contributed by atoms with Crippen molar-refractivity contribution in [2.75, 3.05) is 11.1 Å². The van der Waals surface area contributed by atoms with Crippen LogP contribution in [0, 0.1) is 0 Å². The third-order valence-electron chi connectivity index (χ3n) is 2.43. The van der Waals surface area contributed by atoms with Crippen molar-refractivity contribution in [2.24, 2.45) is 0 Å². The zero-order valence-electron chi connectivity index (χ0n) is 8.97. The van der Waals surface area contributed by atoms with E-state index in [-0.39, 0.29) is 0 Å². The van der Waals surface area contributed by atoms with Crippen molar-refractivity contribution >= 4 is 22.7 Å². The largest absolute Gasteiger partial charge is 0.399 e. The van der Waals surface area contributed by atoms with Crippen LogP contribution >= 0.6 is 0 Å². The number of hydrogen-bond acceptors (Lipinski definition) is 5. The van der Waals surface area contributed by atoms with Gasteiger partial charge in [0.15, 0.2) is 5.76 Å². The zero-order chi connectivity index (χ0) is 11.7. The molecule has 2 heterocycles. The number of imidazole rings is 1. The summed E-state index contributed by atoms with van der Waals surface area (Å²) < 4.78 is 4.97. The summed E-state index contributed by atoms with van der Waals surface area (Å²) in [5, 5.41) is 6.74. The molecule has 0 unspecified atom stereocenters. The van der Waals surface area contributed by atoms with Crippen LogP contribution in [0.15, 0.2) is 35.0 Å². The standard InChI is InChI=1S/C11H11N5O/c12-7-1-2-9-10(5-7)16-11(15-9)13-6-8-3-4-14-17-8/h1-5H,6,12H2,(H2,13,15,16). The van der Waals surface area contributed by atoms with Crippen LogP contribution in [0.2, 0.25) is 0 Å². The van der Waals surface area contributed by atoms with Crippen LogP contribution in [-0.4, -0.2) is 15.1 Å². The number of anilines is 2. The highest BCUT2D eigenvalue weighted by molar-refractivity contribution is 5.80. The Morgan fingerprint density at radius 2 is 2.29 bits per heavy atom. The molecule has 0 aliphatic heterocycles. The Kier molecular flexibility index (Phi) is 2.18. The SMILES string of the molecule is Nc1ccc2nc(NCc3ccno3)[nH]c2c1. The van der Waals surface area contributed by atoms with Crippen LogP contribution in [0.25, 0.3) is 11.0 Å². The van der Waals surface area contributed by atoms with Gasteiger partial charge in [-0.1, -0.05) is 5.16 Å². The van der Waals surface area contributed by atoms with Gasteiger partial charge in [-0.3, -0.25) is 0 Å². The first kappa shape index (κ1) is 9.71. The highest BCUT2D eigenvalue weighted by Crippen LogP contribution is 2.17. The summed E-state index contributed by atoms with van der Waals surface area (Å²) in [7, 11) is 0. The number of benzene rings is 1. The molecule has 0 fully saturated rings. The van der Waals surface area contributed by atoms with Crippen LogP contribution in [0.1, 0.15) is 5.76 Å². The van der Waals surface area contributed by atoms with Crippen LogP contribution in [0.3, 0.4) is 0 Å². The molecule has 0 aliphatic rings. The number of nitrogens with one attached hydrogen (secondary N) is 2. The topological polar surface area (TPSA) is 92.8 Å². The van der Waals surface area contributed by atoms with Gasteiger partial charge in [-0.25, -0.2) is 4.98 Å². The van der Waals surface area contributed by atoms with E-state index in [0.29, 0.717) is 18.2 Å². The molecule has 0 atom stereocenters. The highest BCUT2D eigenvalue weighted by atomic mass is 16.5. The first-order valence-electron chi connectivity index (χ1n) is 5.20. The summed E-state index contributed by atoms with van der Waals surface area (Å²) in [5.41, 5.74) is 8.19. The van der Waals surface area contributed by atoms with E-state index in [0.717, 1.165) is 16.8 Å². The number of aromatic nitrogens is 3. The fraction of sp³-hybridized carbons (Fsp3) is 0.0909. The average molecular weight is 229 g/mol. The lowest BCUT2D eigenvalue weighted by atomic mass is 10.3. The van der Waals surface area contributed by atoms with Gasteiger partial charge >= 0.3 is 0 Å².